The molecule has 6 nitrogen and oxygen atoms in total. The van der Waals surface area contributed by atoms with E-state index in [1.165, 1.54) is 38.5 Å². The van der Waals surface area contributed by atoms with Crippen LogP contribution in [0.1, 0.15) is 51.0 Å². The average Bonchev–Trinajstić information content (AvgIpc) is 2.70. The van der Waals surface area contributed by atoms with E-state index >= 15 is 0 Å². The van der Waals surface area contributed by atoms with Gasteiger partial charge in [0.1, 0.15) is 6.54 Å². The lowest BCUT2D eigenvalue weighted by Gasteiger charge is -2.59. The van der Waals surface area contributed by atoms with Crippen molar-refractivity contribution < 1.29 is 19.1 Å². The average molecular weight is 413 g/mol. The molecule has 4 aliphatic carbocycles. The van der Waals surface area contributed by atoms with Gasteiger partial charge in [-0.3, -0.25) is 14.4 Å². The fraction of sp³-hybridized carbons (Fsp3) is 0.625. The molecule has 0 radical (unpaired) electrons. The van der Waals surface area contributed by atoms with Gasteiger partial charge < -0.3 is 15.4 Å². The first kappa shape index (κ1) is 20.9. The number of hydrogen-bond donors (Lipinski definition) is 2. The molecule has 4 aliphatic rings. The fourth-order valence-corrected chi connectivity index (χ4v) is 6.36. The largest absolute Gasteiger partial charge is 0.454 e. The molecular formula is C24H32N2O4. The predicted octanol–water partition coefficient (Wildman–Crippen LogP) is 2.61. The number of amides is 2. The summed E-state index contributed by atoms with van der Waals surface area (Å²) in [6.45, 7) is 1.57. The minimum atomic E-state index is -0.603. The molecule has 4 bridgehead atoms. The van der Waals surface area contributed by atoms with E-state index in [4.69, 9.17) is 4.74 Å². The zero-order chi connectivity index (χ0) is 21.1. The third kappa shape index (κ3) is 4.85. The molecule has 2 N–H and O–H groups in total. The number of nitrogens with one attached hydrogen (secondary N) is 2. The molecule has 4 saturated carbocycles. The molecule has 4 fully saturated rings. The van der Waals surface area contributed by atoms with Crippen molar-refractivity contribution in [1.82, 2.24) is 10.6 Å². The third-order valence-electron chi connectivity index (χ3n) is 7.38. The minimum absolute atomic E-state index is 0.0997. The number of carbonyl (C=O) groups is 3. The normalized spacial score (nSPS) is 29.8. The van der Waals surface area contributed by atoms with E-state index in [-0.39, 0.29) is 42.8 Å². The van der Waals surface area contributed by atoms with E-state index in [1.54, 1.807) is 0 Å². The summed E-state index contributed by atoms with van der Waals surface area (Å²) < 4.78 is 5.06. The van der Waals surface area contributed by atoms with Gasteiger partial charge >= 0.3 is 5.97 Å². The first-order valence-electron chi connectivity index (χ1n) is 11.2. The highest BCUT2D eigenvalue weighted by Crippen LogP contribution is 2.61. The Morgan fingerprint density at radius 2 is 1.60 bits per heavy atom. The minimum Gasteiger partial charge on any atom is -0.454 e. The Morgan fingerprint density at radius 3 is 2.20 bits per heavy atom. The Balaban J connectivity index is 1.17. The maximum atomic E-state index is 12.4. The number of hydrogen-bond acceptors (Lipinski definition) is 4. The quantitative estimate of drug-likeness (QED) is 0.643. The molecule has 30 heavy (non-hydrogen) atoms. The van der Waals surface area contributed by atoms with Crippen LogP contribution in [0.3, 0.4) is 0 Å². The highest BCUT2D eigenvalue weighted by Gasteiger charge is 2.53. The van der Waals surface area contributed by atoms with Crippen LogP contribution in [0, 0.1) is 23.2 Å². The third-order valence-corrected chi connectivity index (χ3v) is 7.38. The summed E-state index contributed by atoms with van der Waals surface area (Å²) in [5, 5.41) is 5.63. The number of ether oxygens (including phenoxy) is 1. The van der Waals surface area contributed by atoms with Crippen LogP contribution in [-0.2, 0) is 25.5 Å². The van der Waals surface area contributed by atoms with Crippen LogP contribution < -0.4 is 10.6 Å². The summed E-state index contributed by atoms with van der Waals surface area (Å²) >= 11 is 0. The van der Waals surface area contributed by atoms with Crippen molar-refractivity contribution in [2.45, 2.75) is 57.9 Å². The Bertz CT molecular complexity index is 756. The van der Waals surface area contributed by atoms with Crippen LogP contribution in [0.15, 0.2) is 30.3 Å². The zero-order valence-corrected chi connectivity index (χ0v) is 17.7. The van der Waals surface area contributed by atoms with E-state index in [1.807, 2.05) is 30.3 Å². The van der Waals surface area contributed by atoms with E-state index < -0.39 is 5.97 Å². The molecule has 1 atom stereocenters. The lowest BCUT2D eigenvalue weighted by Crippen LogP contribution is -2.56. The van der Waals surface area contributed by atoms with Crippen LogP contribution in [-0.4, -0.2) is 37.0 Å². The molecule has 6 heteroatoms. The van der Waals surface area contributed by atoms with Crippen molar-refractivity contribution >= 4 is 17.8 Å². The summed E-state index contributed by atoms with van der Waals surface area (Å²) in [4.78, 5) is 36.2. The summed E-state index contributed by atoms with van der Waals surface area (Å²) in [7, 11) is 0. The van der Waals surface area contributed by atoms with Gasteiger partial charge in [-0.15, -0.1) is 0 Å². The van der Waals surface area contributed by atoms with Crippen molar-refractivity contribution in [3.05, 3.63) is 35.9 Å². The van der Waals surface area contributed by atoms with Crippen molar-refractivity contribution in [1.29, 1.82) is 0 Å². The number of rotatable bonds is 8. The van der Waals surface area contributed by atoms with Gasteiger partial charge in [0.05, 0.1) is 6.42 Å². The van der Waals surface area contributed by atoms with Gasteiger partial charge in [0.25, 0.3) is 5.91 Å². The number of esters is 1. The van der Waals surface area contributed by atoms with E-state index in [0.29, 0.717) is 0 Å². The lowest BCUT2D eigenvalue weighted by atomic mass is 9.48. The van der Waals surface area contributed by atoms with Crippen molar-refractivity contribution in [3.8, 4) is 0 Å². The molecule has 2 amide bonds. The molecule has 5 rings (SSSR count). The zero-order valence-electron chi connectivity index (χ0n) is 17.7. The van der Waals surface area contributed by atoms with Crippen molar-refractivity contribution in [3.63, 3.8) is 0 Å². The maximum absolute atomic E-state index is 12.4. The standard InChI is InChI=1S/C24H32N2O4/c1-16(24-11-18-7-19(12-24)9-20(8-18)13-24)26-22(28)15-30-23(29)14-25-21(27)10-17-5-3-2-4-6-17/h2-6,16,18-20H,7-15H2,1H3,(H,25,27)(H,26,28)/t16-,18?,19?,20?,24?/m1/s1. The fourth-order valence-electron chi connectivity index (χ4n) is 6.36. The Morgan fingerprint density at radius 1 is 1.00 bits per heavy atom. The highest BCUT2D eigenvalue weighted by molar-refractivity contribution is 5.85. The van der Waals surface area contributed by atoms with Crippen molar-refractivity contribution in [2.75, 3.05) is 13.2 Å². The van der Waals surface area contributed by atoms with Gasteiger partial charge in [0.2, 0.25) is 5.91 Å². The second-order valence-electron chi connectivity index (χ2n) is 9.67. The van der Waals surface area contributed by atoms with Crippen LogP contribution in [0.4, 0.5) is 0 Å². The predicted molar refractivity (Wildman–Crippen MR) is 112 cm³/mol. The number of benzene rings is 1. The number of carbonyl (C=O) groups excluding carboxylic acids is 3. The van der Waals surface area contributed by atoms with Crippen LogP contribution >= 0.6 is 0 Å². The summed E-state index contributed by atoms with van der Waals surface area (Å²) in [5.41, 5.74) is 1.10. The van der Waals surface area contributed by atoms with Gasteiger partial charge in [0, 0.05) is 6.04 Å². The molecule has 0 heterocycles. The topological polar surface area (TPSA) is 84.5 Å². The monoisotopic (exact) mass is 412 g/mol. The van der Waals surface area contributed by atoms with Gasteiger partial charge in [-0.25, -0.2) is 0 Å². The summed E-state index contributed by atoms with van der Waals surface area (Å²) in [5.74, 6) is 1.36. The second-order valence-corrected chi connectivity index (χ2v) is 9.67. The SMILES string of the molecule is C[C@@H](NC(=O)COC(=O)CNC(=O)Cc1ccccc1)C12CC3CC(CC(C3)C1)C2. The Labute approximate surface area is 178 Å². The molecular weight excluding hydrogens is 380 g/mol. The molecule has 0 saturated heterocycles. The van der Waals surface area contributed by atoms with Gasteiger partial charge in [-0.2, -0.15) is 0 Å². The summed E-state index contributed by atoms with van der Waals surface area (Å²) in [6.07, 6.45) is 7.96. The van der Waals surface area contributed by atoms with Gasteiger partial charge in [0.15, 0.2) is 6.61 Å². The van der Waals surface area contributed by atoms with Crippen LogP contribution in [0.5, 0.6) is 0 Å². The van der Waals surface area contributed by atoms with E-state index in [9.17, 15) is 14.4 Å². The lowest BCUT2D eigenvalue weighted by molar-refractivity contribution is -0.149. The molecule has 1 aromatic rings. The first-order chi connectivity index (χ1) is 14.4. The second kappa shape index (κ2) is 8.78. The molecule has 162 valence electrons. The highest BCUT2D eigenvalue weighted by atomic mass is 16.5. The van der Waals surface area contributed by atoms with Gasteiger partial charge in [-0.1, -0.05) is 30.3 Å². The van der Waals surface area contributed by atoms with E-state index in [0.717, 1.165) is 23.3 Å². The van der Waals surface area contributed by atoms with Crippen LogP contribution in [0.25, 0.3) is 0 Å². The molecule has 1 aromatic carbocycles. The molecule has 0 spiro atoms. The molecule has 0 aliphatic heterocycles. The first-order valence-corrected chi connectivity index (χ1v) is 11.2. The Hall–Kier alpha value is -2.37. The van der Waals surface area contributed by atoms with Crippen molar-refractivity contribution in [2.24, 2.45) is 23.2 Å². The smallest absolute Gasteiger partial charge is 0.325 e. The maximum Gasteiger partial charge on any atom is 0.325 e. The molecule has 0 aromatic heterocycles. The summed E-state index contributed by atoms with van der Waals surface area (Å²) in [6, 6.07) is 9.41. The van der Waals surface area contributed by atoms with E-state index in [2.05, 4.69) is 17.6 Å². The molecule has 0 unspecified atom stereocenters. The van der Waals surface area contributed by atoms with Gasteiger partial charge in [-0.05, 0) is 74.2 Å². The van der Waals surface area contributed by atoms with Crippen LogP contribution in [0.2, 0.25) is 0 Å². The Kier molecular flexibility index (Phi) is 6.11.